The van der Waals surface area contributed by atoms with Gasteiger partial charge in [-0.05, 0) is 70.6 Å². The fraction of sp³-hybridized carbons (Fsp3) is 0.278. The Hall–Kier alpha value is -4.16. The number of rotatable bonds is 10. The maximum absolute atomic E-state index is 14.0. The Morgan fingerprint density at radius 2 is 1.19 bits per heavy atom. The van der Waals surface area contributed by atoms with Crippen LogP contribution in [0.15, 0.2) is 103 Å². The summed E-state index contributed by atoms with van der Waals surface area (Å²) in [6, 6.07) is 34.5. The number of carbonyl (C=O) groups excluding carboxylic acids is 1. The Kier molecular flexibility index (Phi) is 10.4. The first-order chi connectivity index (χ1) is 20.2. The maximum atomic E-state index is 14.0. The molecule has 42 heavy (non-hydrogen) atoms. The van der Waals surface area contributed by atoms with Crippen LogP contribution in [-0.2, 0) is 4.79 Å². The number of carbonyl (C=O) groups is 1. The molecule has 4 rings (SSSR count). The molecule has 0 bridgehead atoms. The molecule has 0 aromatic heterocycles. The van der Waals surface area contributed by atoms with E-state index >= 15 is 0 Å². The second-order valence-electron chi connectivity index (χ2n) is 11.4. The van der Waals surface area contributed by atoms with Crippen LogP contribution < -0.4 is 15.5 Å². The van der Waals surface area contributed by atoms with E-state index in [1.54, 1.807) is 0 Å². The molecule has 6 heteroatoms. The number of nitrogens with one attached hydrogen (secondary N) is 2. The van der Waals surface area contributed by atoms with Crippen LogP contribution in [0.5, 0.6) is 0 Å². The summed E-state index contributed by atoms with van der Waals surface area (Å²) in [6.45, 7) is 8.69. The van der Waals surface area contributed by atoms with Crippen molar-refractivity contribution in [1.82, 2.24) is 4.90 Å². The number of nitrogens with zero attached hydrogens (tertiary/aromatic N) is 2. The van der Waals surface area contributed by atoms with E-state index in [0.717, 1.165) is 39.3 Å². The minimum atomic E-state index is -0.274. The summed E-state index contributed by atoms with van der Waals surface area (Å²) in [5, 5.41) is 7.18. The molecule has 0 atom stereocenters. The van der Waals surface area contributed by atoms with Crippen LogP contribution in [0.3, 0.4) is 0 Å². The van der Waals surface area contributed by atoms with Gasteiger partial charge in [0.25, 0.3) is 0 Å². The Balaban J connectivity index is 1.73. The van der Waals surface area contributed by atoms with Gasteiger partial charge < -0.3 is 20.4 Å². The Morgan fingerprint density at radius 1 is 0.690 bits per heavy atom. The third-order valence-corrected chi connectivity index (χ3v) is 7.73. The van der Waals surface area contributed by atoms with E-state index in [4.69, 9.17) is 12.2 Å². The predicted molar refractivity (Wildman–Crippen MR) is 182 cm³/mol. The van der Waals surface area contributed by atoms with Crippen molar-refractivity contribution in [3.05, 3.63) is 125 Å². The van der Waals surface area contributed by atoms with Crippen LogP contribution in [0.4, 0.5) is 17.1 Å². The molecule has 0 unspecified atom stereocenters. The van der Waals surface area contributed by atoms with Crippen molar-refractivity contribution in [2.45, 2.75) is 45.6 Å². The van der Waals surface area contributed by atoms with Crippen LogP contribution in [0, 0.1) is 0 Å². The number of benzene rings is 4. The van der Waals surface area contributed by atoms with Gasteiger partial charge in [-0.15, -0.1) is 0 Å². The average molecular weight is 579 g/mol. The van der Waals surface area contributed by atoms with Crippen molar-refractivity contribution >= 4 is 40.3 Å². The first kappa shape index (κ1) is 30.8. The van der Waals surface area contributed by atoms with Crippen LogP contribution >= 0.6 is 12.2 Å². The van der Waals surface area contributed by atoms with Crippen molar-refractivity contribution in [3.8, 4) is 0 Å². The summed E-state index contributed by atoms with van der Waals surface area (Å²) in [5.41, 5.74) is 7.22. The zero-order valence-electron chi connectivity index (χ0n) is 25.5. The summed E-state index contributed by atoms with van der Waals surface area (Å²) in [5.74, 6) is 0.419. The Labute approximate surface area is 256 Å². The number of hydrogen-bond donors (Lipinski definition) is 2. The van der Waals surface area contributed by atoms with E-state index in [0.29, 0.717) is 5.11 Å². The smallest absolute Gasteiger partial charge is 0.244 e. The topological polar surface area (TPSA) is 47.6 Å². The van der Waals surface area contributed by atoms with Gasteiger partial charge in [-0.1, -0.05) is 107 Å². The first-order valence-electron chi connectivity index (χ1n) is 14.5. The molecule has 0 radical (unpaired) electrons. The largest absolute Gasteiger partial charge is 0.378 e. The summed E-state index contributed by atoms with van der Waals surface area (Å²) in [4.78, 5) is 18.0. The van der Waals surface area contributed by atoms with Gasteiger partial charge >= 0.3 is 0 Å². The van der Waals surface area contributed by atoms with Crippen molar-refractivity contribution < 1.29 is 4.79 Å². The quantitative estimate of drug-likeness (QED) is 0.185. The monoisotopic (exact) mass is 578 g/mol. The van der Waals surface area contributed by atoms with E-state index in [-0.39, 0.29) is 30.3 Å². The van der Waals surface area contributed by atoms with Crippen molar-refractivity contribution in [2.24, 2.45) is 0 Å². The molecule has 0 aliphatic heterocycles. The molecule has 0 heterocycles. The van der Waals surface area contributed by atoms with Crippen LogP contribution in [0.25, 0.3) is 0 Å². The van der Waals surface area contributed by atoms with E-state index in [1.807, 2.05) is 79.7 Å². The molecule has 218 valence electrons. The van der Waals surface area contributed by atoms with Gasteiger partial charge in [-0.25, -0.2) is 0 Å². The number of thiocarbonyl (C=S) groups is 1. The van der Waals surface area contributed by atoms with Gasteiger partial charge in [-0.3, -0.25) is 4.79 Å². The molecule has 0 fully saturated rings. The molecular formula is C36H42N4OS. The fourth-order valence-electron chi connectivity index (χ4n) is 5.17. The second-order valence-corrected chi connectivity index (χ2v) is 11.8. The van der Waals surface area contributed by atoms with Crippen LogP contribution in [-0.4, -0.2) is 36.6 Å². The second kappa shape index (κ2) is 14.1. The maximum Gasteiger partial charge on any atom is 0.244 e. The third kappa shape index (κ3) is 7.56. The molecule has 0 saturated heterocycles. The summed E-state index contributed by atoms with van der Waals surface area (Å²) >= 11 is 6.06. The molecule has 5 nitrogen and oxygen atoms in total. The zero-order chi connectivity index (χ0) is 30.2. The number of hydrogen-bond acceptors (Lipinski definition) is 3. The Morgan fingerprint density at radius 3 is 1.64 bits per heavy atom. The lowest BCUT2D eigenvalue weighted by molar-refractivity contribution is -0.116. The van der Waals surface area contributed by atoms with Crippen LogP contribution in [0.2, 0.25) is 0 Å². The van der Waals surface area contributed by atoms with E-state index < -0.39 is 0 Å². The summed E-state index contributed by atoms with van der Waals surface area (Å²) < 4.78 is 0. The van der Waals surface area contributed by atoms with Gasteiger partial charge in [-0.2, -0.15) is 0 Å². The molecule has 0 aliphatic carbocycles. The lowest BCUT2D eigenvalue weighted by Gasteiger charge is -2.34. The first-order valence-corrected chi connectivity index (χ1v) is 14.9. The highest BCUT2D eigenvalue weighted by molar-refractivity contribution is 7.80. The van der Waals surface area contributed by atoms with E-state index in [1.165, 1.54) is 0 Å². The van der Waals surface area contributed by atoms with Crippen molar-refractivity contribution in [2.75, 3.05) is 36.2 Å². The number of anilines is 3. The van der Waals surface area contributed by atoms with Crippen molar-refractivity contribution in [1.29, 1.82) is 0 Å². The molecule has 1 amide bonds. The normalized spacial score (nSPS) is 11.1. The lowest BCUT2D eigenvalue weighted by atomic mass is 9.92. The zero-order valence-corrected chi connectivity index (χ0v) is 26.3. The average Bonchev–Trinajstić information content (AvgIpc) is 2.98. The van der Waals surface area contributed by atoms with Gasteiger partial charge in [0.2, 0.25) is 5.91 Å². The van der Waals surface area contributed by atoms with Crippen molar-refractivity contribution in [3.63, 3.8) is 0 Å². The van der Waals surface area contributed by atoms with E-state index in [9.17, 15) is 4.79 Å². The Bertz CT molecular complexity index is 1400. The summed E-state index contributed by atoms with van der Waals surface area (Å²) in [7, 11) is 4.03. The molecule has 0 aliphatic rings. The minimum Gasteiger partial charge on any atom is -0.378 e. The van der Waals surface area contributed by atoms with Gasteiger partial charge in [0.15, 0.2) is 5.11 Å². The highest BCUT2D eigenvalue weighted by Crippen LogP contribution is 2.33. The predicted octanol–water partition coefficient (Wildman–Crippen LogP) is 8.43. The van der Waals surface area contributed by atoms with Gasteiger partial charge in [0.05, 0.1) is 6.04 Å². The van der Waals surface area contributed by atoms with Crippen LogP contribution in [0.1, 0.15) is 67.8 Å². The number of para-hydroxylation sites is 1. The number of amides is 1. The molecule has 4 aromatic rings. The standard InChI is InChI=1S/C36H42N4OS/c1-25(2)31-18-13-19-32(26(3)4)34(31)38-33(41)24-40(36(42)37-29-20-22-30(23-21-29)39(5)6)35(27-14-9-7-10-15-27)28-16-11-8-12-17-28/h7-23,25-26,35H,24H2,1-6H3,(H,37,42)(H,38,41). The fourth-order valence-corrected chi connectivity index (χ4v) is 5.46. The molecule has 2 N–H and O–H groups in total. The molecular weight excluding hydrogens is 536 g/mol. The lowest BCUT2D eigenvalue weighted by Crippen LogP contribution is -2.43. The highest BCUT2D eigenvalue weighted by atomic mass is 32.1. The summed E-state index contributed by atoms with van der Waals surface area (Å²) in [6.07, 6.45) is 0. The minimum absolute atomic E-state index is 0.0695. The molecule has 0 spiro atoms. The third-order valence-electron chi connectivity index (χ3n) is 7.39. The highest BCUT2D eigenvalue weighted by Gasteiger charge is 2.28. The molecule has 4 aromatic carbocycles. The van der Waals surface area contributed by atoms with Gasteiger partial charge in [0, 0.05) is 31.2 Å². The molecule has 0 saturated carbocycles. The van der Waals surface area contributed by atoms with E-state index in [2.05, 4.69) is 85.7 Å². The SMILES string of the molecule is CC(C)c1cccc(C(C)C)c1NC(=O)CN(C(=S)Nc1ccc(N(C)C)cc1)C(c1ccccc1)c1ccccc1. The van der Waals surface area contributed by atoms with Gasteiger partial charge in [0.1, 0.15) is 6.54 Å².